The molecule has 0 aliphatic carbocycles. The molecule has 0 aromatic rings. The quantitative estimate of drug-likeness (QED) is 0.625. The molecule has 0 aromatic carbocycles. The first-order chi connectivity index (χ1) is 5.75. The summed E-state index contributed by atoms with van der Waals surface area (Å²) < 4.78 is 5.14. The lowest BCUT2D eigenvalue weighted by Crippen LogP contribution is -2.32. The summed E-state index contributed by atoms with van der Waals surface area (Å²) in [5, 5.41) is 11.8. The van der Waals surface area contributed by atoms with E-state index in [4.69, 9.17) is 9.84 Å². The Balaban J connectivity index is 2.45. The van der Waals surface area contributed by atoms with Crippen LogP contribution in [0.25, 0.3) is 0 Å². The third-order valence-corrected chi connectivity index (χ3v) is 2.28. The largest absolute Gasteiger partial charge is 0.481 e. The molecule has 0 saturated carbocycles. The maximum Gasteiger partial charge on any atom is 0.308 e. The van der Waals surface area contributed by atoms with Crippen LogP contribution >= 0.6 is 0 Å². The Morgan fingerprint density at radius 3 is 3.00 bits per heavy atom. The van der Waals surface area contributed by atoms with Crippen LogP contribution in [-0.4, -0.2) is 37.9 Å². The lowest BCUT2D eigenvalue weighted by atomic mass is 9.92. The standard InChI is InChI=1S/C8H15NO3/c1-9-4-7(8(10)11)6-2-3-12-5-6/h6-7,9H,2-5H2,1H3,(H,10,11). The molecule has 2 N–H and O–H groups in total. The first kappa shape index (κ1) is 9.48. The van der Waals surface area contributed by atoms with Crippen LogP contribution in [0, 0.1) is 11.8 Å². The van der Waals surface area contributed by atoms with Crippen LogP contribution in [0.4, 0.5) is 0 Å². The van der Waals surface area contributed by atoms with Gasteiger partial charge < -0.3 is 15.2 Å². The highest BCUT2D eigenvalue weighted by molar-refractivity contribution is 5.70. The van der Waals surface area contributed by atoms with Gasteiger partial charge in [-0.15, -0.1) is 0 Å². The van der Waals surface area contributed by atoms with Crippen molar-refractivity contribution in [3.8, 4) is 0 Å². The van der Waals surface area contributed by atoms with E-state index in [0.29, 0.717) is 19.8 Å². The zero-order valence-electron chi connectivity index (χ0n) is 7.25. The first-order valence-electron chi connectivity index (χ1n) is 4.21. The predicted octanol–water partition coefficient (Wildman–Crippen LogP) is -0.0569. The van der Waals surface area contributed by atoms with Gasteiger partial charge in [-0.05, 0) is 19.4 Å². The molecule has 1 aliphatic rings. The van der Waals surface area contributed by atoms with Crippen LogP contribution in [0.15, 0.2) is 0 Å². The Morgan fingerprint density at radius 1 is 1.83 bits per heavy atom. The Bertz CT molecular complexity index is 154. The van der Waals surface area contributed by atoms with Gasteiger partial charge in [0.25, 0.3) is 0 Å². The normalized spacial score (nSPS) is 25.6. The molecule has 1 fully saturated rings. The topological polar surface area (TPSA) is 58.6 Å². The molecule has 0 aromatic heterocycles. The van der Waals surface area contributed by atoms with E-state index < -0.39 is 5.97 Å². The summed E-state index contributed by atoms with van der Waals surface area (Å²) in [7, 11) is 1.77. The fourth-order valence-corrected chi connectivity index (χ4v) is 1.55. The molecule has 12 heavy (non-hydrogen) atoms. The van der Waals surface area contributed by atoms with Gasteiger partial charge in [-0.2, -0.15) is 0 Å². The van der Waals surface area contributed by atoms with Gasteiger partial charge in [0.05, 0.1) is 12.5 Å². The SMILES string of the molecule is CNCC(C(=O)O)C1CCOC1. The average molecular weight is 173 g/mol. The minimum atomic E-state index is -0.722. The number of carboxylic acids is 1. The van der Waals surface area contributed by atoms with Crippen molar-refractivity contribution < 1.29 is 14.6 Å². The second-order valence-corrected chi connectivity index (χ2v) is 3.13. The van der Waals surface area contributed by atoms with E-state index in [1.165, 1.54) is 0 Å². The van der Waals surface area contributed by atoms with Gasteiger partial charge in [-0.3, -0.25) is 4.79 Å². The number of rotatable bonds is 4. The molecule has 1 heterocycles. The van der Waals surface area contributed by atoms with Crippen molar-refractivity contribution in [1.82, 2.24) is 5.32 Å². The third kappa shape index (κ3) is 2.19. The molecule has 0 radical (unpaired) electrons. The van der Waals surface area contributed by atoms with E-state index >= 15 is 0 Å². The second kappa shape index (κ2) is 4.42. The van der Waals surface area contributed by atoms with E-state index in [0.717, 1.165) is 6.42 Å². The van der Waals surface area contributed by atoms with Crippen LogP contribution in [0.2, 0.25) is 0 Å². The Labute approximate surface area is 71.9 Å². The summed E-state index contributed by atoms with van der Waals surface area (Å²) in [5.74, 6) is -0.827. The van der Waals surface area contributed by atoms with E-state index in [1.54, 1.807) is 7.05 Å². The van der Waals surface area contributed by atoms with Crippen molar-refractivity contribution in [2.45, 2.75) is 6.42 Å². The molecule has 0 amide bonds. The van der Waals surface area contributed by atoms with Gasteiger partial charge in [-0.25, -0.2) is 0 Å². The van der Waals surface area contributed by atoms with Crippen LogP contribution in [0.5, 0.6) is 0 Å². The molecule has 4 heteroatoms. The summed E-state index contributed by atoms with van der Waals surface area (Å²) in [6.07, 6.45) is 0.874. The number of nitrogens with one attached hydrogen (secondary N) is 1. The van der Waals surface area contributed by atoms with Crippen LogP contribution in [0.1, 0.15) is 6.42 Å². The summed E-state index contributed by atoms with van der Waals surface area (Å²) in [6.45, 7) is 1.83. The van der Waals surface area contributed by atoms with Gasteiger partial charge in [0, 0.05) is 13.2 Å². The number of carboxylic acid groups (broad SMARTS) is 1. The number of ether oxygens (including phenoxy) is 1. The third-order valence-electron chi connectivity index (χ3n) is 2.28. The van der Waals surface area contributed by atoms with Gasteiger partial charge in [0.1, 0.15) is 0 Å². The first-order valence-corrected chi connectivity index (χ1v) is 4.21. The lowest BCUT2D eigenvalue weighted by molar-refractivity contribution is -0.143. The van der Waals surface area contributed by atoms with Gasteiger partial charge >= 0.3 is 5.97 Å². The number of carbonyl (C=O) groups is 1. The average Bonchev–Trinajstić information content (AvgIpc) is 2.51. The van der Waals surface area contributed by atoms with Crippen molar-refractivity contribution in [1.29, 1.82) is 0 Å². The molecule has 1 aliphatic heterocycles. The number of hydrogen-bond donors (Lipinski definition) is 2. The molecule has 70 valence electrons. The Morgan fingerprint density at radius 2 is 2.58 bits per heavy atom. The molecule has 4 nitrogen and oxygen atoms in total. The smallest absolute Gasteiger partial charge is 0.308 e. The van der Waals surface area contributed by atoms with E-state index in [1.807, 2.05) is 0 Å². The van der Waals surface area contributed by atoms with Crippen molar-refractivity contribution >= 4 is 5.97 Å². The highest BCUT2D eigenvalue weighted by atomic mass is 16.5. The Kier molecular flexibility index (Phi) is 3.49. The molecular formula is C8H15NO3. The van der Waals surface area contributed by atoms with E-state index in [-0.39, 0.29) is 11.8 Å². The molecule has 0 spiro atoms. The molecule has 2 unspecified atom stereocenters. The van der Waals surface area contributed by atoms with Crippen LogP contribution in [0.3, 0.4) is 0 Å². The molecule has 2 atom stereocenters. The van der Waals surface area contributed by atoms with Crippen molar-refractivity contribution in [3.05, 3.63) is 0 Å². The lowest BCUT2D eigenvalue weighted by Gasteiger charge is -2.16. The molecule has 1 saturated heterocycles. The molecule has 0 bridgehead atoms. The van der Waals surface area contributed by atoms with E-state index in [9.17, 15) is 4.79 Å². The van der Waals surface area contributed by atoms with Gasteiger partial charge in [-0.1, -0.05) is 0 Å². The highest BCUT2D eigenvalue weighted by Crippen LogP contribution is 2.21. The zero-order valence-corrected chi connectivity index (χ0v) is 7.25. The number of aliphatic carboxylic acids is 1. The summed E-state index contributed by atoms with van der Waals surface area (Å²) in [4.78, 5) is 10.8. The summed E-state index contributed by atoms with van der Waals surface area (Å²) >= 11 is 0. The fourth-order valence-electron chi connectivity index (χ4n) is 1.55. The maximum absolute atomic E-state index is 10.8. The predicted molar refractivity (Wildman–Crippen MR) is 44.0 cm³/mol. The minimum Gasteiger partial charge on any atom is -0.481 e. The van der Waals surface area contributed by atoms with Crippen LogP contribution < -0.4 is 5.32 Å². The highest BCUT2D eigenvalue weighted by Gasteiger charge is 2.30. The van der Waals surface area contributed by atoms with Gasteiger partial charge in [0.15, 0.2) is 0 Å². The van der Waals surface area contributed by atoms with Crippen molar-refractivity contribution in [2.24, 2.45) is 11.8 Å². The summed E-state index contributed by atoms with van der Waals surface area (Å²) in [5.41, 5.74) is 0. The van der Waals surface area contributed by atoms with Crippen molar-refractivity contribution in [2.75, 3.05) is 26.8 Å². The van der Waals surface area contributed by atoms with E-state index in [2.05, 4.69) is 5.32 Å². The monoisotopic (exact) mass is 173 g/mol. The molecule has 1 rings (SSSR count). The van der Waals surface area contributed by atoms with Crippen molar-refractivity contribution in [3.63, 3.8) is 0 Å². The van der Waals surface area contributed by atoms with Crippen LogP contribution in [-0.2, 0) is 9.53 Å². The maximum atomic E-state index is 10.8. The van der Waals surface area contributed by atoms with Gasteiger partial charge in [0.2, 0.25) is 0 Å². The Hall–Kier alpha value is -0.610. The number of hydrogen-bond acceptors (Lipinski definition) is 3. The molecular weight excluding hydrogens is 158 g/mol. The summed E-state index contributed by atoms with van der Waals surface area (Å²) in [6, 6.07) is 0. The second-order valence-electron chi connectivity index (χ2n) is 3.13. The fraction of sp³-hybridized carbons (Fsp3) is 0.875. The zero-order chi connectivity index (χ0) is 8.97. The minimum absolute atomic E-state index is 0.190.